The van der Waals surface area contributed by atoms with Gasteiger partial charge in [-0.05, 0) is 48.9 Å². The van der Waals surface area contributed by atoms with Gasteiger partial charge in [0.25, 0.3) is 0 Å². The van der Waals surface area contributed by atoms with E-state index in [9.17, 15) is 9.18 Å². The van der Waals surface area contributed by atoms with Crippen LogP contribution in [0.25, 0.3) is 11.1 Å². The van der Waals surface area contributed by atoms with Gasteiger partial charge in [-0.15, -0.1) is 0 Å². The molecule has 4 rings (SSSR count). The summed E-state index contributed by atoms with van der Waals surface area (Å²) in [6.45, 7) is 0.774. The minimum Gasteiger partial charge on any atom is -0.354 e. The summed E-state index contributed by atoms with van der Waals surface area (Å²) < 4.78 is 14.1. The van der Waals surface area contributed by atoms with Crippen LogP contribution in [0.15, 0.2) is 48.5 Å². The second-order valence-corrected chi connectivity index (χ2v) is 6.78. The molecule has 2 fully saturated rings. The maximum atomic E-state index is 14.1. The first kappa shape index (κ1) is 15.3. The fourth-order valence-electron chi connectivity index (χ4n) is 3.99. The lowest BCUT2D eigenvalue weighted by Crippen LogP contribution is -2.57. The number of halogens is 1. The Balaban J connectivity index is 1.61. The molecule has 2 atom stereocenters. The Labute approximate surface area is 141 Å². The third kappa shape index (κ3) is 2.61. The van der Waals surface area contributed by atoms with Crippen molar-refractivity contribution < 1.29 is 9.18 Å². The van der Waals surface area contributed by atoms with Crippen molar-refractivity contribution in [2.75, 3.05) is 6.54 Å². The molecule has 3 nitrogen and oxygen atoms in total. The van der Waals surface area contributed by atoms with Crippen LogP contribution >= 0.6 is 0 Å². The van der Waals surface area contributed by atoms with E-state index in [-0.39, 0.29) is 17.8 Å². The summed E-state index contributed by atoms with van der Waals surface area (Å²) >= 11 is 0. The number of benzene rings is 2. The van der Waals surface area contributed by atoms with E-state index >= 15 is 0 Å². The van der Waals surface area contributed by atoms with Crippen LogP contribution in [0, 0.1) is 5.82 Å². The fourth-order valence-corrected chi connectivity index (χ4v) is 3.99. The average molecular weight is 324 g/mol. The number of rotatable bonds is 2. The Bertz CT molecular complexity index is 776. The van der Waals surface area contributed by atoms with Crippen LogP contribution in [-0.4, -0.2) is 18.0 Å². The van der Waals surface area contributed by atoms with Gasteiger partial charge in [-0.25, -0.2) is 4.39 Å². The van der Waals surface area contributed by atoms with E-state index in [0.29, 0.717) is 5.56 Å². The van der Waals surface area contributed by atoms with Gasteiger partial charge in [0.15, 0.2) is 0 Å². The van der Waals surface area contributed by atoms with Crippen LogP contribution in [0.4, 0.5) is 4.39 Å². The van der Waals surface area contributed by atoms with Crippen LogP contribution in [0.1, 0.15) is 37.3 Å². The van der Waals surface area contributed by atoms with Crippen molar-refractivity contribution in [3.8, 4) is 11.1 Å². The Hall–Kier alpha value is -2.20. The van der Waals surface area contributed by atoms with Crippen molar-refractivity contribution in [1.29, 1.82) is 0 Å². The number of piperidine rings is 1. The van der Waals surface area contributed by atoms with Crippen molar-refractivity contribution in [3.63, 3.8) is 0 Å². The normalized spacial score (nSPS) is 26.5. The highest BCUT2D eigenvalue weighted by atomic mass is 19.1. The molecule has 24 heavy (non-hydrogen) atoms. The largest absolute Gasteiger partial charge is 0.354 e. The predicted molar refractivity (Wildman–Crippen MR) is 91.9 cm³/mol. The highest BCUT2D eigenvalue weighted by Gasteiger charge is 2.46. The summed E-state index contributed by atoms with van der Waals surface area (Å²) in [4.78, 5) is 12.3. The highest BCUT2D eigenvalue weighted by molar-refractivity contribution is 5.87. The number of amides is 1. The first-order valence-corrected chi connectivity index (χ1v) is 8.59. The number of hydrogen-bond donors (Lipinski definition) is 2. The molecule has 0 aromatic heterocycles. The van der Waals surface area contributed by atoms with Gasteiger partial charge in [0.2, 0.25) is 5.91 Å². The predicted octanol–water partition coefficient (Wildman–Crippen LogP) is 3.57. The molecule has 0 aliphatic carbocycles. The number of carbonyl (C=O) groups is 1. The third-order valence-corrected chi connectivity index (χ3v) is 5.28. The number of hydrogen-bond acceptors (Lipinski definition) is 2. The molecule has 0 unspecified atom stereocenters. The minimum atomic E-state index is -0.420. The lowest BCUT2D eigenvalue weighted by molar-refractivity contribution is -0.129. The monoisotopic (exact) mass is 324 g/mol. The van der Waals surface area contributed by atoms with Gasteiger partial charge < -0.3 is 5.32 Å². The van der Waals surface area contributed by atoms with Gasteiger partial charge in [0.05, 0.1) is 5.54 Å². The number of carbonyl (C=O) groups excluding carboxylic acids is 1. The van der Waals surface area contributed by atoms with Crippen molar-refractivity contribution in [2.24, 2.45) is 0 Å². The maximum Gasteiger partial charge on any atom is 0.240 e. The van der Waals surface area contributed by atoms with Crippen molar-refractivity contribution in [2.45, 2.75) is 37.3 Å². The molecule has 2 aromatic carbocycles. The van der Waals surface area contributed by atoms with Crippen molar-refractivity contribution in [3.05, 3.63) is 59.9 Å². The molecule has 0 saturated carbocycles. The van der Waals surface area contributed by atoms with Gasteiger partial charge in [0, 0.05) is 18.2 Å². The van der Waals surface area contributed by atoms with Gasteiger partial charge in [-0.2, -0.15) is 0 Å². The third-order valence-electron chi connectivity index (χ3n) is 5.28. The van der Waals surface area contributed by atoms with Gasteiger partial charge >= 0.3 is 0 Å². The lowest BCUT2D eigenvalue weighted by Gasteiger charge is -2.33. The second kappa shape index (κ2) is 6.02. The molecule has 0 bridgehead atoms. The zero-order valence-corrected chi connectivity index (χ0v) is 13.5. The zero-order valence-electron chi connectivity index (χ0n) is 13.5. The Kier molecular flexibility index (Phi) is 3.85. The van der Waals surface area contributed by atoms with Crippen LogP contribution in [0.2, 0.25) is 0 Å². The molecular weight excluding hydrogens is 303 g/mol. The Morgan fingerprint density at radius 3 is 2.79 bits per heavy atom. The van der Waals surface area contributed by atoms with Crippen LogP contribution in [0.5, 0.6) is 0 Å². The van der Waals surface area contributed by atoms with E-state index in [2.05, 4.69) is 16.7 Å². The summed E-state index contributed by atoms with van der Waals surface area (Å²) in [7, 11) is 0. The zero-order chi connectivity index (χ0) is 16.6. The van der Waals surface area contributed by atoms with E-state index in [1.807, 2.05) is 24.3 Å². The van der Waals surface area contributed by atoms with Crippen molar-refractivity contribution >= 4 is 5.91 Å². The Morgan fingerprint density at radius 2 is 1.96 bits per heavy atom. The fraction of sp³-hybridized carbons (Fsp3) is 0.350. The molecule has 2 aliphatic heterocycles. The molecule has 2 heterocycles. The highest BCUT2D eigenvalue weighted by Crippen LogP contribution is 2.38. The van der Waals surface area contributed by atoms with Crippen LogP contribution in [-0.2, 0) is 4.79 Å². The van der Waals surface area contributed by atoms with E-state index < -0.39 is 5.54 Å². The summed E-state index contributed by atoms with van der Waals surface area (Å²) in [5, 5.41) is 6.54. The van der Waals surface area contributed by atoms with E-state index in [1.165, 1.54) is 6.07 Å². The summed E-state index contributed by atoms with van der Waals surface area (Å²) in [6, 6.07) is 15.0. The molecule has 2 N–H and O–H groups in total. The van der Waals surface area contributed by atoms with Gasteiger partial charge in [-0.1, -0.05) is 36.4 Å². The lowest BCUT2D eigenvalue weighted by atomic mass is 9.88. The molecule has 2 aliphatic rings. The molecule has 4 heteroatoms. The second-order valence-electron chi connectivity index (χ2n) is 6.78. The minimum absolute atomic E-state index is 0.126. The van der Waals surface area contributed by atoms with Crippen LogP contribution in [0.3, 0.4) is 0 Å². The molecule has 124 valence electrons. The quantitative estimate of drug-likeness (QED) is 0.887. The standard InChI is InChI=1S/C20H21FN2O/c21-17-8-2-1-7-16(17)14-5-3-6-15(13-14)18-9-11-20(23-18)10-4-12-22-19(20)24/h1-3,5-8,13,18,23H,4,9-12H2,(H,22,24)/t18-,20-/m0/s1. The maximum absolute atomic E-state index is 14.1. The topological polar surface area (TPSA) is 41.1 Å². The SMILES string of the molecule is O=C1NCCC[C@]12CC[C@@H](c1cccc(-c3ccccc3F)c1)N2. The summed E-state index contributed by atoms with van der Waals surface area (Å²) in [5.41, 5.74) is 2.19. The van der Waals surface area contributed by atoms with Gasteiger partial charge in [0.1, 0.15) is 5.82 Å². The van der Waals surface area contributed by atoms with E-state index in [0.717, 1.165) is 43.4 Å². The van der Waals surface area contributed by atoms with Crippen LogP contribution < -0.4 is 10.6 Å². The molecule has 0 radical (unpaired) electrons. The number of nitrogens with one attached hydrogen (secondary N) is 2. The smallest absolute Gasteiger partial charge is 0.240 e. The molecule has 2 saturated heterocycles. The van der Waals surface area contributed by atoms with Gasteiger partial charge in [-0.3, -0.25) is 10.1 Å². The molecular formula is C20H21FN2O. The summed E-state index contributed by atoms with van der Waals surface area (Å²) in [5.74, 6) is -0.0846. The average Bonchev–Trinajstić information content (AvgIpc) is 3.03. The van der Waals surface area contributed by atoms with Crippen molar-refractivity contribution in [1.82, 2.24) is 10.6 Å². The first-order valence-electron chi connectivity index (χ1n) is 8.59. The molecule has 2 aromatic rings. The molecule has 1 spiro atoms. The first-order chi connectivity index (χ1) is 11.7. The Morgan fingerprint density at radius 1 is 1.08 bits per heavy atom. The van der Waals surface area contributed by atoms with E-state index in [1.54, 1.807) is 12.1 Å². The molecule has 1 amide bonds. The van der Waals surface area contributed by atoms with E-state index in [4.69, 9.17) is 0 Å². The summed E-state index contributed by atoms with van der Waals surface area (Å²) in [6.07, 6.45) is 3.69.